The van der Waals surface area contributed by atoms with E-state index >= 15 is 0 Å². The van der Waals surface area contributed by atoms with E-state index in [4.69, 9.17) is 0 Å². The lowest BCUT2D eigenvalue weighted by molar-refractivity contribution is 0.0313. The summed E-state index contributed by atoms with van der Waals surface area (Å²) < 4.78 is 0. The van der Waals surface area contributed by atoms with Crippen molar-refractivity contribution in [3.8, 4) is 0 Å². The van der Waals surface area contributed by atoms with E-state index < -0.39 is 0 Å². The molecule has 0 aromatic heterocycles. The fourth-order valence-corrected chi connectivity index (χ4v) is 3.00. The Morgan fingerprint density at radius 2 is 1.93 bits per heavy atom. The zero-order chi connectivity index (χ0) is 10.5. The first kappa shape index (κ1) is 11.4. The molecule has 2 nitrogen and oxygen atoms in total. The van der Waals surface area contributed by atoms with Crippen molar-refractivity contribution in [3.63, 3.8) is 0 Å². The number of hydrogen-bond acceptors (Lipinski definition) is 2. The van der Waals surface area contributed by atoms with Crippen LogP contribution >= 0.6 is 0 Å². The van der Waals surface area contributed by atoms with Crippen LogP contribution in [0.1, 0.15) is 51.9 Å². The van der Waals surface area contributed by atoms with Crippen LogP contribution in [0.5, 0.6) is 0 Å². The summed E-state index contributed by atoms with van der Waals surface area (Å²) in [6, 6.07) is 0. The molecule has 3 saturated heterocycles. The molecule has 0 amide bonds. The molecule has 0 aromatic rings. The van der Waals surface area contributed by atoms with E-state index in [1.54, 1.807) is 0 Å². The minimum absolute atomic E-state index is 0.721. The molecule has 0 aliphatic carbocycles. The average molecular weight is 210 g/mol. The van der Waals surface area contributed by atoms with E-state index in [1.807, 2.05) is 0 Å². The number of rotatable bonds is 6. The van der Waals surface area contributed by atoms with Gasteiger partial charge in [0.05, 0.1) is 6.17 Å². The minimum Gasteiger partial charge on any atom is -0.302 e. The van der Waals surface area contributed by atoms with Crippen LogP contribution in [0.4, 0.5) is 0 Å². The molecule has 3 aliphatic rings. The SMILES string of the molecule is CCCCCCNC1CC2CCN1CC2. The molecule has 2 heteroatoms. The standard InChI is InChI=1S/C13H26N2/c1-2-3-4-5-8-14-13-11-12-6-9-15(13)10-7-12/h12-14H,2-11H2,1H3. The van der Waals surface area contributed by atoms with Crippen LogP contribution in [0.25, 0.3) is 0 Å². The average Bonchev–Trinajstić information content (AvgIpc) is 2.30. The highest BCUT2D eigenvalue weighted by molar-refractivity contribution is 4.86. The van der Waals surface area contributed by atoms with E-state index in [0.717, 1.165) is 12.1 Å². The van der Waals surface area contributed by atoms with Gasteiger partial charge >= 0.3 is 0 Å². The fraction of sp³-hybridized carbons (Fsp3) is 1.00. The van der Waals surface area contributed by atoms with Gasteiger partial charge in [0.15, 0.2) is 0 Å². The Balaban J connectivity index is 1.59. The van der Waals surface area contributed by atoms with Crippen molar-refractivity contribution in [2.45, 2.75) is 58.0 Å². The molecule has 3 rings (SSSR count). The van der Waals surface area contributed by atoms with Gasteiger partial charge in [-0.1, -0.05) is 26.2 Å². The summed E-state index contributed by atoms with van der Waals surface area (Å²) in [6.07, 6.45) is 10.5. The van der Waals surface area contributed by atoms with Crippen LogP contribution in [0.2, 0.25) is 0 Å². The highest BCUT2D eigenvalue weighted by atomic mass is 15.3. The van der Waals surface area contributed by atoms with Crippen molar-refractivity contribution < 1.29 is 0 Å². The van der Waals surface area contributed by atoms with Crippen molar-refractivity contribution >= 4 is 0 Å². The number of piperidine rings is 3. The molecule has 15 heavy (non-hydrogen) atoms. The summed E-state index contributed by atoms with van der Waals surface area (Å²) in [4.78, 5) is 2.65. The zero-order valence-corrected chi connectivity index (χ0v) is 10.2. The number of nitrogens with zero attached hydrogens (tertiary/aromatic N) is 1. The van der Waals surface area contributed by atoms with Gasteiger partial charge in [0, 0.05) is 0 Å². The summed E-state index contributed by atoms with van der Waals surface area (Å²) in [6.45, 7) is 6.20. The number of nitrogens with one attached hydrogen (secondary N) is 1. The summed E-state index contributed by atoms with van der Waals surface area (Å²) in [5.74, 6) is 1.03. The Morgan fingerprint density at radius 3 is 2.53 bits per heavy atom. The van der Waals surface area contributed by atoms with Crippen LogP contribution < -0.4 is 5.32 Å². The van der Waals surface area contributed by atoms with Crippen LogP contribution in [0.15, 0.2) is 0 Å². The third-order valence-electron chi connectivity index (χ3n) is 4.06. The quantitative estimate of drug-likeness (QED) is 0.678. The van der Waals surface area contributed by atoms with Crippen molar-refractivity contribution in [1.82, 2.24) is 10.2 Å². The summed E-state index contributed by atoms with van der Waals surface area (Å²) in [7, 11) is 0. The first-order valence-corrected chi connectivity index (χ1v) is 6.87. The molecule has 0 aromatic carbocycles. The molecule has 0 saturated carbocycles. The molecule has 88 valence electrons. The normalized spacial score (nSPS) is 34.6. The Kier molecular flexibility index (Phi) is 4.45. The third kappa shape index (κ3) is 3.18. The van der Waals surface area contributed by atoms with Gasteiger partial charge in [-0.05, 0) is 51.2 Å². The fourth-order valence-electron chi connectivity index (χ4n) is 3.00. The lowest BCUT2D eigenvalue weighted by Gasteiger charge is -2.45. The first-order valence-electron chi connectivity index (χ1n) is 6.87. The second kappa shape index (κ2) is 5.86. The van der Waals surface area contributed by atoms with E-state index in [0.29, 0.717) is 0 Å². The first-order chi connectivity index (χ1) is 7.40. The van der Waals surface area contributed by atoms with Gasteiger partial charge in [-0.15, -0.1) is 0 Å². The van der Waals surface area contributed by atoms with Gasteiger partial charge in [-0.2, -0.15) is 0 Å². The lowest BCUT2D eigenvalue weighted by atomic mass is 9.86. The largest absolute Gasteiger partial charge is 0.302 e. The molecule has 2 bridgehead atoms. The van der Waals surface area contributed by atoms with Gasteiger partial charge in [-0.3, -0.25) is 4.90 Å². The van der Waals surface area contributed by atoms with Crippen LogP contribution in [0.3, 0.4) is 0 Å². The minimum atomic E-state index is 0.721. The van der Waals surface area contributed by atoms with E-state index in [-0.39, 0.29) is 0 Å². The Morgan fingerprint density at radius 1 is 1.13 bits per heavy atom. The zero-order valence-electron chi connectivity index (χ0n) is 10.2. The highest BCUT2D eigenvalue weighted by Crippen LogP contribution is 2.30. The van der Waals surface area contributed by atoms with Gasteiger partial charge in [0.25, 0.3) is 0 Å². The van der Waals surface area contributed by atoms with Gasteiger partial charge in [0.1, 0.15) is 0 Å². The number of unbranched alkanes of at least 4 members (excludes halogenated alkanes) is 3. The molecular weight excluding hydrogens is 184 g/mol. The molecule has 1 atom stereocenters. The Hall–Kier alpha value is -0.0800. The molecule has 3 aliphatic heterocycles. The van der Waals surface area contributed by atoms with Gasteiger partial charge in [0.2, 0.25) is 0 Å². The second-order valence-corrected chi connectivity index (χ2v) is 5.25. The number of hydrogen-bond donors (Lipinski definition) is 1. The maximum absolute atomic E-state index is 3.74. The Bertz CT molecular complexity index is 173. The summed E-state index contributed by atoms with van der Waals surface area (Å²) in [5.41, 5.74) is 0. The monoisotopic (exact) mass is 210 g/mol. The summed E-state index contributed by atoms with van der Waals surface area (Å²) in [5, 5.41) is 3.74. The topological polar surface area (TPSA) is 15.3 Å². The molecule has 0 radical (unpaired) electrons. The van der Waals surface area contributed by atoms with E-state index in [2.05, 4.69) is 17.1 Å². The predicted molar refractivity (Wildman–Crippen MR) is 64.8 cm³/mol. The van der Waals surface area contributed by atoms with Crippen molar-refractivity contribution in [2.24, 2.45) is 5.92 Å². The molecular formula is C13H26N2. The molecule has 3 fully saturated rings. The lowest BCUT2D eigenvalue weighted by Crippen LogP contribution is -2.55. The third-order valence-corrected chi connectivity index (χ3v) is 4.06. The van der Waals surface area contributed by atoms with Crippen LogP contribution in [-0.4, -0.2) is 30.7 Å². The van der Waals surface area contributed by atoms with Gasteiger partial charge in [-0.25, -0.2) is 0 Å². The van der Waals surface area contributed by atoms with Crippen LogP contribution in [-0.2, 0) is 0 Å². The van der Waals surface area contributed by atoms with E-state index in [1.165, 1.54) is 64.6 Å². The molecule has 0 spiro atoms. The maximum Gasteiger partial charge on any atom is 0.0599 e. The van der Waals surface area contributed by atoms with Crippen molar-refractivity contribution in [2.75, 3.05) is 19.6 Å². The highest BCUT2D eigenvalue weighted by Gasteiger charge is 2.32. The predicted octanol–water partition coefficient (Wildman–Crippen LogP) is 2.60. The van der Waals surface area contributed by atoms with Crippen molar-refractivity contribution in [1.29, 1.82) is 0 Å². The maximum atomic E-state index is 3.74. The van der Waals surface area contributed by atoms with E-state index in [9.17, 15) is 0 Å². The molecule has 3 heterocycles. The van der Waals surface area contributed by atoms with Crippen LogP contribution in [0, 0.1) is 5.92 Å². The molecule has 1 N–H and O–H groups in total. The smallest absolute Gasteiger partial charge is 0.0599 e. The second-order valence-electron chi connectivity index (χ2n) is 5.25. The van der Waals surface area contributed by atoms with Gasteiger partial charge < -0.3 is 5.32 Å². The summed E-state index contributed by atoms with van der Waals surface area (Å²) >= 11 is 0. The number of fused-ring (bicyclic) bond motifs is 3. The van der Waals surface area contributed by atoms with Crippen molar-refractivity contribution in [3.05, 3.63) is 0 Å². The Labute approximate surface area is 94.4 Å². The molecule has 1 unspecified atom stereocenters.